The van der Waals surface area contributed by atoms with E-state index in [4.69, 9.17) is 5.73 Å². The lowest BCUT2D eigenvalue weighted by Gasteiger charge is -2.30. The number of carbonyl (C=O) groups excluding carboxylic acids is 2. The number of thioether (sulfide) groups is 1. The number of likely N-dealkylation sites (tertiary alicyclic amines) is 1. The normalized spacial score (nSPS) is 21.3. The van der Waals surface area contributed by atoms with E-state index in [2.05, 4.69) is 51.5 Å². The van der Waals surface area contributed by atoms with Gasteiger partial charge in [0.05, 0.1) is 17.7 Å². The summed E-state index contributed by atoms with van der Waals surface area (Å²) in [6, 6.07) is 8.97. The van der Waals surface area contributed by atoms with Gasteiger partial charge in [-0.25, -0.2) is 0 Å². The SMILES string of the molecule is CCN1C(=O)[C@@H](CNc2ccc3ccn(C4CCN(C)CC4)c3c2)S/C1=C(/N)C(=O)NC(C)(C)CO. The third-order valence-electron chi connectivity index (χ3n) is 6.98. The molecule has 1 aromatic carbocycles. The molecule has 9 nitrogen and oxygen atoms in total. The number of rotatable bonds is 8. The van der Waals surface area contributed by atoms with Gasteiger partial charge in [0.25, 0.3) is 5.91 Å². The highest BCUT2D eigenvalue weighted by Gasteiger charge is 2.38. The number of aliphatic hydroxyl groups excluding tert-OH is 1. The quantitative estimate of drug-likeness (QED) is 0.400. The Morgan fingerprint density at radius 2 is 1.97 bits per heavy atom. The van der Waals surface area contributed by atoms with E-state index in [0.717, 1.165) is 31.6 Å². The van der Waals surface area contributed by atoms with Crippen molar-refractivity contribution in [2.24, 2.45) is 5.73 Å². The van der Waals surface area contributed by atoms with Gasteiger partial charge in [0.1, 0.15) is 16.0 Å². The number of benzene rings is 1. The molecule has 2 saturated heterocycles. The van der Waals surface area contributed by atoms with Crippen LogP contribution in [0.2, 0.25) is 0 Å². The van der Waals surface area contributed by atoms with Gasteiger partial charge in [-0.05, 0) is 77.3 Å². The van der Waals surface area contributed by atoms with Crippen LogP contribution in [-0.2, 0) is 9.59 Å². The molecule has 2 aliphatic rings. The third kappa shape index (κ3) is 5.50. The second-order valence-electron chi connectivity index (χ2n) is 10.3. The second kappa shape index (κ2) is 10.7. The average molecular weight is 515 g/mol. The predicted molar refractivity (Wildman–Crippen MR) is 145 cm³/mol. The fraction of sp³-hybridized carbons (Fsp3) is 0.538. The molecule has 3 heterocycles. The largest absolute Gasteiger partial charge is 0.394 e. The van der Waals surface area contributed by atoms with Crippen LogP contribution in [0.4, 0.5) is 5.69 Å². The Morgan fingerprint density at radius 1 is 1.25 bits per heavy atom. The molecule has 0 bridgehead atoms. The van der Waals surface area contributed by atoms with Gasteiger partial charge in [-0.1, -0.05) is 17.8 Å². The zero-order valence-corrected chi connectivity index (χ0v) is 22.4. The topological polar surface area (TPSA) is 116 Å². The van der Waals surface area contributed by atoms with Crippen LogP contribution in [0.1, 0.15) is 39.7 Å². The van der Waals surface area contributed by atoms with Crippen LogP contribution >= 0.6 is 11.8 Å². The number of hydrogen-bond donors (Lipinski definition) is 4. The number of aromatic nitrogens is 1. The lowest BCUT2D eigenvalue weighted by molar-refractivity contribution is -0.127. The lowest BCUT2D eigenvalue weighted by atomic mass is 10.1. The number of fused-ring (bicyclic) bond motifs is 1. The van der Waals surface area contributed by atoms with Gasteiger partial charge < -0.3 is 35.8 Å². The van der Waals surface area contributed by atoms with Gasteiger partial charge >= 0.3 is 0 Å². The number of hydrogen-bond acceptors (Lipinski definition) is 7. The smallest absolute Gasteiger partial charge is 0.270 e. The minimum Gasteiger partial charge on any atom is -0.394 e. The molecule has 2 amide bonds. The van der Waals surface area contributed by atoms with Crippen LogP contribution in [0.3, 0.4) is 0 Å². The molecule has 0 radical (unpaired) electrons. The summed E-state index contributed by atoms with van der Waals surface area (Å²) in [6.45, 7) is 8.11. The molecule has 196 valence electrons. The van der Waals surface area contributed by atoms with E-state index in [0.29, 0.717) is 24.2 Å². The molecule has 2 aromatic rings. The summed E-state index contributed by atoms with van der Waals surface area (Å²) in [5, 5.41) is 16.9. The first-order valence-electron chi connectivity index (χ1n) is 12.6. The number of nitrogens with one attached hydrogen (secondary N) is 2. The summed E-state index contributed by atoms with van der Waals surface area (Å²) in [5.74, 6) is -0.561. The monoisotopic (exact) mass is 514 g/mol. The summed E-state index contributed by atoms with van der Waals surface area (Å²) < 4.78 is 2.38. The highest BCUT2D eigenvalue weighted by Crippen LogP contribution is 2.37. The first kappa shape index (κ1) is 26.4. The van der Waals surface area contributed by atoms with Crippen LogP contribution in [0.5, 0.6) is 0 Å². The van der Waals surface area contributed by atoms with Gasteiger partial charge in [0.15, 0.2) is 0 Å². The number of aliphatic hydroxyl groups is 1. The number of nitrogens with two attached hydrogens (primary N) is 1. The van der Waals surface area contributed by atoms with Crippen molar-refractivity contribution in [3.63, 3.8) is 0 Å². The van der Waals surface area contributed by atoms with Gasteiger partial charge in [-0.2, -0.15) is 0 Å². The minimum atomic E-state index is -0.808. The molecular weight excluding hydrogens is 476 g/mol. The van der Waals surface area contributed by atoms with Crippen molar-refractivity contribution in [3.05, 3.63) is 41.2 Å². The second-order valence-corrected chi connectivity index (χ2v) is 11.5. The number of piperidine rings is 1. The molecule has 0 saturated carbocycles. The Bertz CT molecular complexity index is 1150. The van der Waals surface area contributed by atoms with E-state index in [9.17, 15) is 14.7 Å². The first-order chi connectivity index (χ1) is 17.1. The van der Waals surface area contributed by atoms with Crippen molar-refractivity contribution >= 4 is 40.2 Å². The molecule has 10 heteroatoms. The third-order valence-corrected chi connectivity index (χ3v) is 8.29. The Hall–Kier alpha value is -2.69. The number of carbonyl (C=O) groups is 2. The number of anilines is 1. The van der Waals surface area contributed by atoms with Gasteiger partial charge in [-0.15, -0.1) is 0 Å². The molecule has 0 unspecified atom stereocenters. The van der Waals surface area contributed by atoms with Crippen LogP contribution in [0, 0.1) is 0 Å². The summed E-state index contributed by atoms with van der Waals surface area (Å²) >= 11 is 1.31. The molecule has 4 rings (SSSR count). The average Bonchev–Trinajstić information content (AvgIpc) is 3.42. The Morgan fingerprint density at radius 3 is 2.64 bits per heavy atom. The minimum absolute atomic E-state index is 0.00315. The summed E-state index contributed by atoms with van der Waals surface area (Å²) in [4.78, 5) is 29.7. The molecule has 1 atom stereocenters. The Balaban J connectivity index is 1.47. The maximum Gasteiger partial charge on any atom is 0.270 e. The molecule has 0 aliphatic carbocycles. The van der Waals surface area contributed by atoms with E-state index in [1.54, 1.807) is 18.7 Å². The molecule has 1 aromatic heterocycles. The number of amides is 2. The maximum absolute atomic E-state index is 13.1. The van der Waals surface area contributed by atoms with Gasteiger partial charge in [0, 0.05) is 31.0 Å². The summed E-state index contributed by atoms with van der Waals surface area (Å²) in [6.07, 6.45) is 4.46. The van der Waals surface area contributed by atoms with E-state index in [1.165, 1.54) is 22.7 Å². The Kier molecular flexibility index (Phi) is 7.87. The maximum atomic E-state index is 13.1. The van der Waals surface area contributed by atoms with E-state index >= 15 is 0 Å². The summed E-state index contributed by atoms with van der Waals surface area (Å²) in [7, 11) is 2.17. The van der Waals surface area contributed by atoms with Gasteiger partial charge in [0.2, 0.25) is 5.91 Å². The van der Waals surface area contributed by atoms with E-state index in [-0.39, 0.29) is 18.2 Å². The fourth-order valence-corrected chi connectivity index (χ4v) is 5.96. The van der Waals surface area contributed by atoms with Crippen molar-refractivity contribution < 1.29 is 14.7 Å². The zero-order valence-electron chi connectivity index (χ0n) is 21.6. The van der Waals surface area contributed by atoms with Gasteiger partial charge in [-0.3, -0.25) is 9.59 Å². The van der Waals surface area contributed by atoms with E-state index in [1.807, 2.05) is 13.0 Å². The van der Waals surface area contributed by atoms with Crippen LogP contribution in [-0.4, -0.2) is 81.9 Å². The molecule has 2 fully saturated rings. The van der Waals surface area contributed by atoms with Crippen molar-refractivity contribution in [2.45, 2.75) is 50.4 Å². The van der Waals surface area contributed by atoms with Crippen molar-refractivity contribution in [1.29, 1.82) is 0 Å². The first-order valence-corrected chi connectivity index (χ1v) is 13.5. The standard InChI is InChI=1S/C26H38N6O3S/c1-5-31-24(35)21(36-25(31)22(27)23(34)29-26(2,3)16-33)15-28-18-7-6-17-8-13-32(20(17)14-18)19-9-11-30(4)12-10-19/h6-8,13-14,19,21,28,33H,5,9-12,15-16,27H2,1-4H3,(H,29,34)/b25-22+/t21-/m1/s1. The predicted octanol–water partition coefficient (Wildman–Crippen LogP) is 2.30. The lowest BCUT2D eigenvalue weighted by Crippen LogP contribution is -2.48. The molecule has 36 heavy (non-hydrogen) atoms. The Labute approximate surface area is 217 Å². The molecule has 0 spiro atoms. The summed E-state index contributed by atoms with van der Waals surface area (Å²) in [5.41, 5.74) is 7.52. The van der Waals surface area contributed by atoms with Crippen molar-refractivity contribution in [3.8, 4) is 0 Å². The van der Waals surface area contributed by atoms with Crippen LogP contribution in [0.15, 0.2) is 41.2 Å². The zero-order chi connectivity index (χ0) is 26.0. The molecular formula is C26H38N6O3S. The number of nitrogens with zero attached hydrogens (tertiary/aromatic N) is 3. The van der Waals surface area contributed by atoms with Crippen molar-refractivity contribution in [1.82, 2.24) is 19.7 Å². The molecule has 5 N–H and O–H groups in total. The molecule has 2 aliphatic heterocycles. The highest BCUT2D eigenvalue weighted by molar-refractivity contribution is 8.04. The van der Waals surface area contributed by atoms with Crippen LogP contribution < -0.4 is 16.4 Å². The fourth-order valence-electron chi connectivity index (χ4n) is 4.73. The van der Waals surface area contributed by atoms with Crippen molar-refractivity contribution in [2.75, 3.05) is 45.2 Å². The van der Waals surface area contributed by atoms with Crippen LogP contribution in [0.25, 0.3) is 10.9 Å². The highest BCUT2D eigenvalue weighted by atomic mass is 32.2. The van der Waals surface area contributed by atoms with E-state index < -0.39 is 16.7 Å².